The fraction of sp³-hybridized carbons (Fsp3) is 0.355. The lowest BCUT2D eigenvalue weighted by Gasteiger charge is -2.30. The summed E-state index contributed by atoms with van der Waals surface area (Å²) in [6.07, 6.45) is -4.24. The van der Waals surface area contributed by atoms with Crippen LogP contribution >= 0.6 is 11.6 Å². The summed E-state index contributed by atoms with van der Waals surface area (Å²) in [6, 6.07) is 17.3. The molecule has 4 rings (SSSR count). The number of amides is 1. The molecule has 1 aliphatic heterocycles. The van der Waals surface area contributed by atoms with Gasteiger partial charge in [-0.1, -0.05) is 35.9 Å². The van der Waals surface area contributed by atoms with Gasteiger partial charge in [-0.25, -0.2) is 0 Å². The summed E-state index contributed by atoms with van der Waals surface area (Å²) in [6.45, 7) is 4.54. The van der Waals surface area contributed by atoms with Gasteiger partial charge in [0.15, 0.2) is 0 Å². The number of nitrogens with zero attached hydrogens (tertiary/aromatic N) is 1. The number of aliphatic carboxylic acids is 1. The third-order valence-corrected chi connectivity index (χ3v) is 7.59. The van der Waals surface area contributed by atoms with Crippen molar-refractivity contribution in [3.8, 4) is 11.1 Å². The van der Waals surface area contributed by atoms with E-state index in [9.17, 15) is 27.9 Å². The number of carbonyl (C=O) groups is 2. The standard InChI is InChI=1S/C31H32ClF3N2O3/c1-19-16-24(17-20(2)28(19)21-5-9-25(32)10-6-21)27(13-14-31(33,34)35)36-26-11-7-22(8-12-26)29(38)37-15-3-4-23(18-37)30(39)40/h5-12,16-17,23,27,36H,3-4,13-15,18H2,1-2H3,(H,39,40)/t23-,27?/m1/s1. The average Bonchev–Trinajstić information content (AvgIpc) is 2.91. The smallest absolute Gasteiger partial charge is 0.389 e. The van der Waals surface area contributed by atoms with Gasteiger partial charge in [0.05, 0.1) is 12.0 Å². The van der Waals surface area contributed by atoms with Crippen molar-refractivity contribution in [1.29, 1.82) is 0 Å². The van der Waals surface area contributed by atoms with E-state index in [0.717, 1.165) is 27.8 Å². The van der Waals surface area contributed by atoms with Crippen LogP contribution < -0.4 is 5.32 Å². The zero-order valence-corrected chi connectivity index (χ0v) is 23.1. The fourth-order valence-electron chi connectivity index (χ4n) is 5.36. The predicted octanol–water partition coefficient (Wildman–Crippen LogP) is 8.06. The first-order valence-corrected chi connectivity index (χ1v) is 13.6. The second-order valence-electron chi connectivity index (χ2n) is 10.4. The number of benzene rings is 3. The topological polar surface area (TPSA) is 69.6 Å². The minimum atomic E-state index is -4.30. The van der Waals surface area contributed by atoms with E-state index in [-0.39, 0.29) is 18.9 Å². The monoisotopic (exact) mass is 572 g/mol. The van der Waals surface area contributed by atoms with Crippen LogP contribution in [0.25, 0.3) is 11.1 Å². The van der Waals surface area contributed by atoms with Crippen LogP contribution in [0.2, 0.25) is 5.02 Å². The molecular weight excluding hydrogens is 541 g/mol. The summed E-state index contributed by atoms with van der Waals surface area (Å²) >= 11 is 6.04. The van der Waals surface area contributed by atoms with Crippen LogP contribution in [0.3, 0.4) is 0 Å². The first-order chi connectivity index (χ1) is 18.9. The number of alkyl halides is 3. The lowest BCUT2D eigenvalue weighted by atomic mass is 9.90. The van der Waals surface area contributed by atoms with Gasteiger partial charge in [0.2, 0.25) is 0 Å². The Bertz CT molecular complexity index is 1330. The van der Waals surface area contributed by atoms with E-state index in [0.29, 0.717) is 35.7 Å². The number of carboxylic acids is 1. The lowest BCUT2D eigenvalue weighted by Crippen LogP contribution is -2.42. The highest BCUT2D eigenvalue weighted by atomic mass is 35.5. The summed E-state index contributed by atoms with van der Waals surface area (Å²) in [5.74, 6) is -1.74. The number of likely N-dealkylation sites (tertiary alicyclic amines) is 1. The minimum Gasteiger partial charge on any atom is -0.481 e. The number of anilines is 1. The van der Waals surface area contributed by atoms with E-state index >= 15 is 0 Å². The number of nitrogens with one attached hydrogen (secondary N) is 1. The predicted molar refractivity (Wildman–Crippen MR) is 151 cm³/mol. The van der Waals surface area contributed by atoms with Crippen LogP contribution in [0.15, 0.2) is 60.7 Å². The maximum atomic E-state index is 13.2. The van der Waals surface area contributed by atoms with Crippen molar-refractivity contribution in [3.63, 3.8) is 0 Å². The number of aryl methyl sites for hydroxylation is 2. The molecular formula is C31H32ClF3N2O3. The molecule has 1 fully saturated rings. The SMILES string of the molecule is Cc1cc(C(CCC(F)(F)F)Nc2ccc(C(=O)N3CCC[C@@H](C(=O)O)C3)cc2)cc(C)c1-c1ccc(Cl)cc1. The number of hydrogen-bond donors (Lipinski definition) is 2. The molecule has 0 aliphatic carbocycles. The van der Waals surface area contributed by atoms with Gasteiger partial charge in [-0.3, -0.25) is 9.59 Å². The van der Waals surface area contributed by atoms with Crippen LogP contribution in [-0.4, -0.2) is 41.1 Å². The van der Waals surface area contributed by atoms with Crippen molar-refractivity contribution in [1.82, 2.24) is 4.90 Å². The number of carbonyl (C=O) groups excluding carboxylic acids is 1. The van der Waals surface area contributed by atoms with Crippen molar-refractivity contribution in [3.05, 3.63) is 87.9 Å². The highest BCUT2D eigenvalue weighted by Gasteiger charge is 2.30. The van der Waals surface area contributed by atoms with Gasteiger partial charge >= 0.3 is 12.1 Å². The average molecular weight is 573 g/mol. The molecule has 40 heavy (non-hydrogen) atoms. The minimum absolute atomic E-state index is 0.159. The van der Waals surface area contributed by atoms with E-state index in [1.165, 1.54) is 0 Å². The van der Waals surface area contributed by atoms with Gasteiger partial charge in [-0.2, -0.15) is 13.2 Å². The molecule has 1 unspecified atom stereocenters. The fourth-order valence-corrected chi connectivity index (χ4v) is 5.48. The number of rotatable bonds is 8. The van der Waals surface area contributed by atoms with E-state index in [4.69, 9.17) is 11.6 Å². The van der Waals surface area contributed by atoms with Crippen LogP contribution in [0.1, 0.15) is 58.8 Å². The summed E-state index contributed by atoms with van der Waals surface area (Å²) in [4.78, 5) is 25.9. The van der Waals surface area contributed by atoms with Crippen LogP contribution in [0.5, 0.6) is 0 Å². The van der Waals surface area contributed by atoms with Crippen molar-refractivity contribution in [2.45, 2.75) is 51.7 Å². The Labute approximate surface area is 237 Å². The Morgan fingerprint density at radius 1 is 1.05 bits per heavy atom. The second-order valence-corrected chi connectivity index (χ2v) is 10.8. The van der Waals surface area contributed by atoms with Crippen LogP contribution in [0.4, 0.5) is 18.9 Å². The molecule has 2 atom stereocenters. The molecule has 1 saturated heterocycles. The highest BCUT2D eigenvalue weighted by molar-refractivity contribution is 6.30. The van der Waals surface area contributed by atoms with Crippen molar-refractivity contribution >= 4 is 29.2 Å². The zero-order valence-electron chi connectivity index (χ0n) is 22.4. The van der Waals surface area contributed by atoms with Gasteiger partial charge in [0, 0.05) is 35.8 Å². The van der Waals surface area contributed by atoms with Crippen LogP contribution in [0, 0.1) is 19.8 Å². The Hall–Kier alpha value is -3.52. The molecule has 3 aromatic carbocycles. The Morgan fingerprint density at radius 3 is 2.25 bits per heavy atom. The van der Waals surface area contributed by atoms with Crippen molar-refractivity contribution in [2.24, 2.45) is 5.92 Å². The maximum absolute atomic E-state index is 13.2. The van der Waals surface area contributed by atoms with Gasteiger partial charge < -0.3 is 15.3 Å². The first kappa shape index (κ1) is 29.5. The number of halogens is 4. The largest absolute Gasteiger partial charge is 0.481 e. The van der Waals surface area contributed by atoms with Crippen LogP contribution in [-0.2, 0) is 4.79 Å². The zero-order chi connectivity index (χ0) is 29.0. The van der Waals surface area contributed by atoms with Crippen molar-refractivity contribution < 1.29 is 27.9 Å². The Morgan fingerprint density at radius 2 is 1.68 bits per heavy atom. The summed E-state index contributed by atoms with van der Waals surface area (Å²) in [5, 5.41) is 13.2. The van der Waals surface area contributed by atoms with E-state index < -0.39 is 30.5 Å². The molecule has 5 nitrogen and oxygen atoms in total. The molecule has 0 aromatic heterocycles. The number of piperidine rings is 1. The molecule has 0 bridgehead atoms. The third kappa shape index (κ3) is 7.36. The molecule has 1 amide bonds. The molecule has 0 saturated carbocycles. The van der Waals surface area contributed by atoms with E-state index in [1.807, 2.05) is 50.2 Å². The molecule has 1 aliphatic rings. The molecule has 2 N–H and O–H groups in total. The second kappa shape index (κ2) is 12.3. The molecule has 3 aromatic rings. The van der Waals surface area contributed by atoms with E-state index in [1.54, 1.807) is 29.2 Å². The normalized spacial score (nSPS) is 16.4. The van der Waals surface area contributed by atoms with Gasteiger partial charge in [0.1, 0.15) is 0 Å². The molecule has 212 valence electrons. The third-order valence-electron chi connectivity index (χ3n) is 7.34. The Kier molecular flexibility index (Phi) is 9.08. The summed E-state index contributed by atoms with van der Waals surface area (Å²) < 4.78 is 39.7. The van der Waals surface area contributed by atoms with Gasteiger partial charge in [-0.15, -0.1) is 0 Å². The summed E-state index contributed by atoms with van der Waals surface area (Å²) in [5.41, 5.74) is 5.61. The Balaban J connectivity index is 1.55. The maximum Gasteiger partial charge on any atom is 0.389 e. The highest BCUT2D eigenvalue weighted by Crippen LogP contribution is 2.35. The van der Waals surface area contributed by atoms with E-state index in [2.05, 4.69) is 5.32 Å². The lowest BCUT2D eigenvalue weighted by molar-refractivity contribution is -0.143. The first-order valence-electron chi connectivity index (χ1n) is 13.2. The molecule has 0 spiro atoms. The van der Waals surface area contributed by atoms with Gasteiger partial charge in [-0.05, 0) is 97.3 Å². The van der Waals surface area contributed by atoms with Crippen molar-refractivity contribution in [2.75, 3.05) is 18.4 Å². The molecule has 1 heterocycles. The summed E-state index contributed by atoms with van der Waals surface area (Å²) in [7, 11) is 0. The molecule has 0 radical (unpaired) electrons. The molecule has 9 heteroatoms. The van der Waals surface area contributed by atoms with Gasteiger partial charge in [0.25, 0.3) is 5.91 Å². The quantitative estimate of drug-likeness (QED) is 0.286. The number of hydrogen-bond acceptors (Lipinski definition) is 3. The number of carboxylic acid groups (broad SMARTS) is 1.